The summed E-state index contributed by atoms with van der Waals surface area (Å²) >= 11 is 1.61. The number of nitrogens with one attached hydrogen (secondary N) is 1. The third-order valence-corrected chi connectivity index (χ3v) is 6.22. The quantitative estimate of drug-likeness (QED) is 0.476. The first-order valence-corrected chi connectivity index (χ1v) is 11.6. The highest BCUT2D eigenvalue weighted by atomic mass is 32.1. The zero-order valence-corrected chi connectivity index (χ0v) is 18.6. The molecule has 1 saturated carbocycles. The van der Waals surface area contributed by atoms with E-state index in [-0.39, 0.29) is 18.5 Å². The molecule has 5 nitrogen and oxygen atoms in total. The Morgan fingerprint density at radius 3 is 2.47 bits per heavy atom. The number of hydrogen-bond donors (Lipinski definition) is 1. The lowest BCUT2D eigenvalue weighted by molar-refractivity contribution is -0.133. The number of carbonyl (C=O) groups is 2. The van der Waals surface area contributed by atoms with Crippen LogP contribution in [0.4, 0.5) is 14.9 Å². The van der Waals surface area contributed by atoms with E-state index >= 15 is 0 Å². The van der Waals surface area contributed by atoms with Crippen LogP contribution < -0.4 is 5.32 Å². The summed E-state index contributed by atoms with van der Waals surface area (Å²) in [5.74, 6) is -0.115. The SMILES string of the molecule is O=C(CN(CC1CC1)C(=O)Nc1cccc(F)c1)N(Cc1ccccc1)Cc1cccs1. The van der Waals surface area contributed by atoms with E-state index in [1.165, 1.54) is 12.1 Å². The second-order valence-electron chi connectivity index (χ2n) is 8.08. The first-order chi connectivity index (χ1) is 15.6. The highest BCUT2D eigenvalue weighted by molar-refractivity contribution is 7.09. The van der Waals surface area contributed by atoms with Gasteiger partial charge in [0.15, 0.2) is 0 Å². The number of carbonyl (C=O) groups excluding carboxylic acids is 2. The Labute approximate surface area is 191 Å². The fourth-order valence-corrected chi connectivity index (χ4v) is 4.21. The van der Waals surface area contributed by atoms with Crippen LogP contribution in [-0.2, 0) is 17.9 Å². The van der Waals surface area contributed by atoms with Crippen LogP contribution in [0.2, 0.25) is 0 Å². The van der Waals surface area contributed by atoms with E-state index in [9.17, 15) is 14.0 Å². The van der Waals surface area contributed by atoms with Crippen molar-refractivity contribution in [3.63, 3.8) is 0 Å². The number of rotatable bonds is 9. The highest BCUT2D eigenvalue weighted by Crippen LogP contribution is 2.30. The van der Waals surface area contributed by atoms with Gasteiger partial charge in [-0.3, -0.25) is 4.79 Å². The Morgan fingerprint density at radius 1 is 0.969 bits per heavy atom. The van der Waals surface area contributed by atoms with Gasteiger partial charge >= 0.3 is 6.03 Å². The number of hydrogen-bond acceptors (Lipinski definition) is 3. The van der Waals surface area contributed by atoms with Crippen LogP contribution in [-0.4, -0.2) is 34.8 Å². The predicted molar refractivity (Wildman–Crippen MR) is 125 cm³/mol. The van der Waals surface area contributed by atoms with E-state index in [0.29, 0.717) is 31.2 Å². The van der Waals surface area contributed by atoms with Crippen molar-refractivity contribution in [3.05, 3.63) is 88.4 Å². The summed E-state index contributed by atoms with van der Waals surface area (Å²) in [5, 5.41) is 4.73. The van der Waals surface area contributed by atoms with Crippen molar-refractivity contribution in [1.29, 1.82) is 0 Å². The molecule has 0 bridgehead atoms. The molecule has 2 aromatic carbocycles. The number of halogens is 1. The molecule has 0 radical (unpaired) electrons. The third kappa shape index (κ3) is 6.40. The molecule has 1 aliphatic rings. The van der Waals surface area contributed by atoms with Gasteiger partial charge in [0.25, 0.3) is 0 Å². The van der Waals surface area contributed by atoms with Gasteiger partial charge < -0.3 is 15.1 Å². The Morgan fingerprint density at radius 2 is 1.78 bits per heavy atom. The average Bonchev–Trinajstić information content (AvgIpc) is 3.45. The molecular formula is C25H26FN3O2S. The monoisotopic (exact) mass is 451 g/mol. The lowest BCUT2D eigenvalue weighted by Crippen LogP contribution is -2.45. The van der Waals surface area contributed by atoms with Crippen molar-refractivity contribution < 1.29 is 14.0 Å². The van der Waals surface area contributed by atoms with Crippen LogP contribution >= 0.6 is 11.3 Å². The fraction of sp³-hybridized carbons (Fsp3) is 0.280. The summed E-state index contributed by atoms with van der Waals surface area (Å²) < 4.78 is 13.5. The minimum atomic E-state index is -0.419. The van der Waals surface area contributed by atoms with Gasteiger partial charge in [0.1, 0.15) is 12.4 Å². The van der Waals surface area contributed by atoms with E-state index in [1.54, 1.807) is 33.3 Å². The molecule has 32 heavy (non-hydrogen) atoms. The maximum absolute atomic E-state index is 13.5. The van der Waals surface area contributed by atoms with Gasteiger partial charge in [-0.25, -0.2) is 9.18 Å². The van der Waals surface area contributed by atoms with E-state index < -0.39 is 5.82 Å². The van der Waals surface area contributed by atoms with E-state index in [0.717, 1.165) is 23.3 Å². The summed E-state index contributed by atoms with van der Waals surface area (Å²) in [6.07, 6.45) is 2.11. The zero-order valence-electron chi connectivity index (χ0n) is 17.7. The molecule has 1 aromatic heterocycles. The molecule has 1 fully saturated rings. The second kappa shape index (κ2) is 10.4. The molecule has 0 aliphatic heterocycles. The minimum Gasteiger partial charge on any atom is -0.332 e. The Kier molecular flexibility index (Phi) is 7.17. The molecule has 7 heteroatoms. The summed E-state index contributed by atoms with van der Waals surface area (Å²) in [6.45, 7) is 1.47. The number of amides is 3. The molecule has 3 amide bonds. The molecule has 1 N–H and O–H groups in total. The van der Waals surface area contributed by atoms with Crippen molar-refractivity contribution in [3.8, 4) is 0 Å². The standard InChI is InChI=1S/C25H26FN3O2S/c26-21-8-4-9-22(14-21)27-25(31)29(16-20-11-12-20)18-24(30)28(17-23-10-5-13-32-23)15-19-6-2-1-3-7-19/h1-10,13-14,20H,11-12,15-18H2,(H,27,31). The van der Waals surface area contributed by atoms with Crippen LogP contribution in [0.25, 0.3) is 0 Å². The fourth-order valence-electron chi connectivity index (χ4n) is 3.49. The minimum absolute atomic E-state index is 0.0180. The van der Waals surface area contributed by atoms with E-state index in [1.807, 2.05) is 47.8 Å². The van der Waals surface area contributed by atoms with Crippen LogP contribution in [0.5, 0.6) is 0 Å². The molecule has 4 rings (SSSR count). The van der Waals surface area contributed by atoms with Crippen LogP contribution in [0, 0.1) is 11.7 Å². The molecule has 1 heterocycles. The highest BCUT2D eigenvalue weighted by Gasteiger charge is 2.29. The maximum atomic E-state index is 13.5. The summed E-state index contributed by atoms with van der Waals surface area (Å²) in [4.78, 5) is 30.7. The average molecular weight is 452 g/mol. The smallest absolute Gasteiger partial charge is 0.322 e. The Bertz CT molecular complexity index is 1040. The molecule has 0 atom stereocenters. The van der Waals surface area contributed by atoms with Gasteiger partial charge in [0.05, 0.1) is 6.54 Å². The van der Waals surface area contributed by atoms with Crippen LogP contribution in [0.15, 0.2) is 72.1 Å². The molecule has 1 aliphatic carbocycles. The van der Waals surface area contributed by atoms with Gasteiger partial charge in [-0.1, -0.05) is 42.5 Å². The van der Waals surface area contributed by atoms with E-state index in [4.69, 9.17) is 0 Å². The Balaban J connectivity index is 1.47. The molecular weight excluding hydrogens is 425 g/mol. The number of urea groups is 1. The summed E-state index contributed by atoms with van der Waals surface area (Å²) in [6, 6.07) is 19.2. The van der Waals surface area contributed by atoms with Crippen molar-refractivity contribution >= 4 is 29.0 Å². The first-order valence-electron chi connectivity index (χ1n) is 10.7. The van der Waals surface area contributed by atoms with Gasteiger partial charge in [-0.05, 0) is 54.0 Å². The molecule has 3 aromatic rings. The molecule has 0 spiro atoms. The number of nitrogens with zero attached hydrogens (tertiary/aromatic N) is 2. The summed E-state index contributed by atoms with van der Waals surface area (Å²) in [5.41, 5.74) is 1.42. The molecule has 166 valence electrons. The van der Waals surface area contributed by atoms with Crippen molar-refractivity contribution in [2.75, 3.05) is 18.4 Å². The second-order valence-corrected chi connectivity index (χ2v) is 9.11. The van der Waals surface area contributed by atoms with Crippen molar-refractivity contribution in [2.45, 2.75) is 25.9 Å². The first kappa shape index (κ1) is 22.0. The molecule has 0 saturated heterocycles. The lowest BCUT2D eigenvalue weighted by atomic mass is 10.2. The summed E-state index contributed by atoms with van der Waals surface area (Å²) in [7, 11) is 0. The van der Waals surface area contributed by atoms with Crippen LogP contribution in [0.1, 0.15) is 23.3 Å². The normalized spacial score (nSPS) is 12.9. The maximum Gasteiger partial charge on any atom is 0.322 e. The van der Waals surface area contributed by atoms with Crippen molar-refractivity contribution in [1.82, 2.24) is 9.80 Å². The zero-order chi connectivity index (χ0) is 22.3. The van der Waals surface area contributed by atoms with Crippen LogP contribution in [0.3, 0.4) is 0 Å². The van der Waals surface area contributed by atoms with Gasteiger partial charge in [-0.15, -0.1) is 11.3 Å². The third-order valence-electron chi connectivity index (χ3n) is 5.36. The number of anilines is 1. The molecule has 0 unspecified atom stereocenters. The van der Waals surface area contributed by atoms with Gasteiger partial charge in [-0.2, -0.15) is 0 Å². The van der Waals surface area contributed by atoms with Crippen molar-refractivity contribution in [2.24, 2.45) is 5.92 Å². The van der Waals surface area contributed by atoms with Gasteiger partial charge in [0.2, 0.25) is 5.91 Å². The topological polar surface area (TPSA) is 52.7 Å². The largest absolute Gasteiger partial charge is 0.332 e. The van der Waals surface area contributed by atoms with E-state index in [2.05, 4.69) is 5.32 Å². The number of benzene rings is 2. The van der Waals surface area contributed by atoms with Gasteiger partial charge in [0, 0.05) is 23.7 Å². The number of thiophene rings is 1. The Hall–Kier alpha value is -3.19. The lowest BCUT2D eigenvalue weighted by Gasteiger charge is -2.28. The predicted octanol–water partition coefficient (Wildman–Crippen LogP) is 5.36.